The Morgan fingerprint density at radius 3 is 1.93 bits per heavy atom. The van der Waals surface area contributed by atoms with E-state index >= 15 is 0 Å². The third-order valence-corrected chi connectivity index (χ3v) is 1.38. The van der Waals surface area contributed by atoms with Crippen LogP contribution in [0.4, 0.5) is 0 Å². The zero-order chi connectivity index (χ0) is 11.0. The second kappa shape index (κ2) is 6.60. The van der Waals surface area contributed by atoms with Gasteiger partial charge in [0.25, 0.3) is 0 Å². The monoisotopic (exact) mass is 191 g/mol. The van der Waals surface area contributed by atoms with Gasteiger partial charge in [0, 0.05) is 5.56 Å². The van der Waals surface area contributed by atoms with Gasteiger partial charge in [-0.15, -0.1) is 0 Å². The number of hydrogen-bond donors (Lipinski definition) is 1. The SMILES string of the molecule is C=CC(N)=O.CC(=O)c1ccccc1. The van der Waals surface area contributed by atoms with Gasteiger partial charge in [-0.2, -0.15) is 0 Å². The maximum absolute atomic E-state index is 10.6. The molecule has 3 nitrogen and oxygen atoms in total. The van der Waals surface area contributed by atoms with Crippen LogP contribution in [-0.2, 0) is 4.79 Å². The van der Waals surface area contributed by atoms with E-state index < -0.39 is 5.91 Å². The summed E-state index contributed by atoms with van der Waals surface area (Å²) in [6, 6.07) is 9.23. The third-order valence-electron chi connectivity index (χ3n) is 1.38. The summed E-state index contributed by atoms with van der Waals surface area (Å²) in [6.45, 7) is 4.65. The third kappa shape index (κ3) is 5.71. The minimum absolute atomic E-state index is 0.121. The molecule has 3 heteroatoms. The van der Waals surface area contributed by atoms with Crippen LogP contribution >= 0.6 is 0 Å². The molecular weight excluding hydrogens is 178 g/mol. The van der Waals surface area contributed by atoms with Gasteiger partial charge < -0.3 is 5.73 Å². The second-order valence-electron chi connectivity index (χ2n) is 2.53. The van der Waals surface area contributed by atoms with Crippen LogP contribution in [0.1, 0.15) is 17.3 Å². The summed E-state index contributed by atoms with van der Waals surface area (Å²) < 4.78 is 0. The normalized spacial score (nSPS) is 8.07. The number of rotatable bonds is 2. The largest absolute Gasteiger partial charge is 0.366 e. The molecule has 14 heavy (non-hydrogen) atoms. The van der Waals surface area contributed by atoms with Crippen molar-refractivity contribution in [2.75, 3.05) is 0 Å². The first-order valence-electron chi connectivity index (χ1n) is 4.05. The summed E-state index contributed by atoms with van der Waals surface area (Å²) in [7, 11) is 0. The molecule has 0 radical (unpaired) electrons. The van der Waals surface area contributed by atoms with Gasteiger partial charge in [-0.3, -0.25) is 9.59 Å². The predicted octanol–water partition coefficient (Wildman–Crippen LogP) is 1.55. The number of amides is 1. The highest BCUT2D eigenvalue weighted by atomic mass is 16.1. The van der Waals surface area contributed by atoms with Crippen LogP contribution in [0.25, 0.3) is 0 Å². The van der Waals surface area contributed by atoms with Crippen LogP contribution < -0.4 is 5.73 Å². The van der Waals surface area contributed by atoms with Gasteiger partial charge in [0.15, 0.2) is 5.78 Å². The highest BCUT2D eigenvalue weighted by Crippen LogP contribution is 1.97. The van der Waals surface area contributed by atoms with Gasteiger partial charge in [-0.05, 0) is 13.0 Å². The van der Waals surface area contributed by atoms with Crippen LogP contribution in [0.2, 0.25) is 0 Å². The molecule has 0 spiro atoms. The molecule has 0 aliphatic heterocycles. The van der Waals surface area contributed by atoms with Crippen molar-refractivity contribution in [1.29, 1.82) is 0 Å². The molecule has 0 aliphatic carbocycles. The average Bonchev–Trinajstić information content (AvgIpc) is 2.20. The van der Waals surface area contributed by atoms with Gasteiger partial charge in [0.1, 0.15) is 0 Å². The standard InChI is InChI=1S/C8H8O.C3H5NO/c1-7(9)8-5-3-2-4-6-8;1-2-3(4)5/h2-6H,1H3;2H,1H2,(H2,4,5). The van der Waals surface area contributed by atoms with Gasteiger partial charge in [0.05, 0.1) is 0 Å². The topological polar surface area (TPSA) is 60.2 Å². The number of nitrogens with two attached hydrogens (primary N) is 1. The van der Waals surface area contributed by atoms with Crippen molar-refractivity contribution in [1.82, 2.24) is 0 Å². The molecule has 1 aromatic rings. The molecule has 1 aromatic carbocycles. The van der Waals surface area contributed by atoms with E-state index in [0.29, 0.717) is 0 Å². The first-order valence-corrected chi connectivity index (χ1v) is 4.05. The van der Waals surface area contributed by atoms with Crippen molar-refractivity contribution in [2.24, 2.45) is 5.73 Å². The molecule has 2 N–H and O–H groups in total. The lowest BCUT2D eigenvalue weighted by atomic mass is 10.2. The van der Waals surface area contributed by atoms with Crippen molar-refractivity contribution < 1.29 is 9.59 Å². The summed E-state index contributed by atoms with van der Waals surface area (Å²) in [4.78, 5) is 20.1. The molecule has 0 unspecified atom stereocenters. The average molecular weight is 191 g/mol. The molecule has 0 bridgehead atoms. The van der Waals surface area contributed by atoms with Crippen LogP contribution in [0.15, 0.2) is 43.0 Å². The van der Waals surface area contributed by atoms with Crippen LogP contribution in [-0.4, -0.2) is 11.7 Å². The molecule has 0 fully saturated rings. The Hall–Kier alpha value is -1.90. The number of carbonyl (C=O) groups excluding carboxylic acids is 2. The summed E-state index contributed by atoms with van der Waals surface area (Å²) >= 11 is 0. The molecule has 0 heterocycles. The summed E-state index contributed by atoms with van der Waals surface area (Å²) in [5, 5.41) is 0. The minimum Gasteiger partial charge on any atom is -0.366 e. The molecular formula is C11H13NO2. The maximum Gasteiger partial charge on any atom is 0.240 e. The van der Waals surface area contributed by atoms with E-state index in [0.717, 1.165) is 11.6 Å². The molecule has 0 saturated heterocycles. The van der Waals surface area contributed by atoms with Crippen LogP contribution in [0, 0.1) is 0 Å². The van der Waals surface area contributed by atoms with Gasteiger partial charge >= 0.3 is 0 Å². The van der Waals surface area contributed by atoms with Crippen molar-refractivity contribution in [3.8, 4) is 0 Å². The zero-order valence-electron chi connectivity index (χ0n) is 8.07. The number of primary amides is 1. The molecule has 1 amide bonds. The van der Waals surface area contributed by atoms with Crippen LogP contribution in [0.5, 0.6) is 0 Å². The number of benzene rings is 1. The van der Waals surface area contributed by atoms with Gasteiger partial charge in [-0.25, -0.2) is 0 Å². The van der Waals surface area contributed by atoms with Gasteiger partial charge in [-0.1, -0.05) is 36.9 Å². The Morgan fingerprint density at radius 2 is 1.71 bits per heavy atom. The number of hydrogen-bond acceptors (Lipinski definition) is 2. The molecule has 0 atom stereocenters. The number of Topliss-reactive ketones (excluding diaryl/α,β-unsaturated/α-hetero) is 1. The second-order valence-corrected chi connectivity index (χ2v) is 2.53. The fourth-order valence-corrected chi connectivity index (χ4v) is 0.673. The van der Waals surface area contributed by atoms with E-state index in [4.69, 9.17) is 0 Å². The Bertz CT molecular complexity index is 317. The van der Waals surface area contributed by atoms with E-state index in [-0.39, 0.29) is 5.78 Å². The van der Waals surface area contributed by atoms with Crippen molar-refractivity contribution in [3.63, 3.8) is 0 Å². The number of ketones is 1. The van der Waals surface area contributed by atoms with Gasteiger partial charge in [0.2, 0.25) is 5.91 Å². The van der Waals surface area contributed by atoms with E-state index in [1.165, 1.54) is 0 Å². The molecule has 0 saturated carbocycles. The van der Waals surface area contributed by atoms with E-state index in [2.05, 4.69) is 12.3 Å². The fourth-order valence-electron chi connectivity index (χ4n) is 0.673. The Labute approximate surface area is 83.2 Å². The highest BCUT2D eigenvalue weighted by molar-refractivity contribution is 5.93. The fraction of sp³-hybridized carbons (Fsp3) is 0.0909. The lowest BCUT2D eigenvalue weighted by molar-refractivity contribution is -0.113. The van der Waals surface area contributed by atoms with Crippen molar-refractivity contribution >= 4 is 11.7 Å². The van der Waals surface area contributed by atoms with Crippen LogP contribution in [0.3, 0.4) is 0 Å². The maximum atomic E-state index is 10.6. The summed E-state index contributed by atoms with van der Waals surface area (Å²) in [5.74, 6) is -0.361. The van der Waals surface area contributed by atoms with Crippen molar-refractivity contribution in [3.05, 3.63) is 48.6 Å². The van der Waals surface area contributed by atoms with E-state index in [9.17, 15) is 9.59 Å². The van der Waals surface area contributed by atoms with E-state index in [1.54, 1.807) is 6.92 Å². The number of carbonyl (C=O) groups is 2. The molecule has 0 aromatic heterocycles. The Balaban J connectivity index is 0.000000292. The lowest BCUT2D eigenvalue weighted by Crippen LogP contribution is -2.04. The first kappa shape index (κ1) is 12.1. The van der Waals surface area contributed by atoms with Crippen molar-refractivity contribution in [2.45, 2.75) is 6.92 Å². The first-order chi connectivity index (χ1) is 6.57. The summed E-state index contributed by atoms with van der Waals surface area (Å²) in [6.07, 6.45) is 1.06. The smallest absolute Gasteiger partial charge is 0.240 e. The quantitative estimate of drug-likeness (QED) is 0.569. The molecule has 1 rings (SSSR count). The molecule has 0 aliphatic rings. The highest BCUT2D eigenvalue weighted by Gasteiger charge is 1.92. The Morgan fingerprint density at radius 1 is 1.29 bits per heavy atom. The lowest BCUT2D eigenvalue weighted by Gasteiger charge is -1.89. The van der Waals surface area contributed by atoms with E-state index in [1.807, 2.05) is 30.3 Å². The predicted molar refractivity (Wildman–Crippen MR) is 55.8 cm³/mol. The minimum atomic E-state index is -0.481. The summed E-state index contributed by atoms with van der Waals surface area (Å²) in [5.41, 5.74) is 5.31. The molecule has 74 valence electrons. The zero-order valence-corrected chi connectivity index (χ0v) is 8.07. The Kier molecular flexibility index (Phi) is 5.70.